The Labute approximate surface area is 111 Å². The molecule has 2 heterocycles. The molecule has 0 amide bonds. The number of anilines is 1. The van der Waals surface area contributed by atoms with Gasteiger partial charge in [-0.2, -0.15) is 0 Å². The van der Waals surface area contributed by atoms with Gasteiger partial charge in [-0.3, -0.25) is 0 Å². The van der Waals surface area contributed by atoms with Crippen LogP contribution in [-0.4, -0.2) is 25.6 Å². The van der Waals surface area contributed by atoms with Crippen molar-refractivity contribution in [2.45, 2.75) is 37.8 Å². The Morgan fingerprint density at radius 3 is 2.79 bits per heavy atom. The van der Waals surface area contributed by atoms with E-state index in [2.05, 4.69) is 19.5 Å². The van der Waals surface area contributed by atoms with Crippen LogP contribution in [0.5, 0.6) is 0 Å². The number of nitrogens with zero attached hydrogens (tertiary/aromatic N) is 4. The highest BCUT2D eigenvalue weighted by atomic mass is 15.2. The van der Waals surface area contributed by atoms with E-state index in [0.717, 1.165) is 12.1 Å². The highest BCUT2D eigenvalue weighted by Gasteiger charge is 2.44. The molecule has 6 nitrogen and oxygen atoms in total. The standard InChI is InChI=1S/C13H18N6/c14-9-3-1-8-7(9)2-4-10(8)19-6-18-11-12(15)16-5-17-13(11)19/h5-10H,1-4,14H2,(H2,15,16,17). The molecule has 0 saturated heterocycles. The molecule has 4 atom stereocenters. The smallest absolute Gasteiger partial charge is 0.165 e. The average molecular weight is 258 g/mol. The van der Waals surface area contributed by atoms with Crippen LogP contribution in [0.4, 0.5) is 5.82 Å². The van der Waals surface area contributed by atoms with Crippen molar-refractivity contribution in [2.75, 3.05) is 5.73 Å². The van der Waals surface area contributed by atoms with Crippen LogP contribution < -0.4 is 11.5 Å². The summed E-state index contributed by atoms with van der Waals surface area (Å²) >= 11 is 0. The lowest BCUT2D eigenvalue weighted by molar-refractivity contribution is 0.343. The maximum atomic E-state index is 6.20. The van der Waals surface area contributed by atoms with Gasteiger partial charge in [0.2, 0.25) is 0 Å². The Balaban J connectivity index is 1.77. The van der Waals surface area contributed by atoms with Crippen molar-refractivity contribution in [1.29, 1.82) is 0 Å². The lowest BCUT2D eigenvalue weighted by Gasteiger charge is -2.20. The Kier molecular flexibility index (Phi) is 2.29. The largest absolute Gasteiger partial charge is 0.382 e. The van der Waals surface area contributed by atoms with E-state index in [1.54, 1.807) is 0 Å². The molecule has 6 heteroatoms. The van der Waals surface area contributed by atoms with E-state index in [1.807, 2.05) is 6.33 Å². The maximum absolute atomic E-state index is 6.20. The SMILES string of the molecule is Nc1ncnc2c1ncn2C1CCC2C(N)CCC21. The van der Waals surface area contributed by atoms with Crippen LogP contribution in [0.15, 0.2) is 12.7 Å². The van der Waals surface area contributed by atoms with Crippen LogP contribution in [0.3, 0.4) is 0 Å². The summed E-state index contributed by atoms with van der Waals surface area (Å²) in [4.78, 5) is 12.7. The molecule has 2 aliphatic carbocycles. The Bertz CT molecular complexity index is 621. The second-order valence-corrected chi connectivity index (χ2v) is 5.80. The Morgan fingerprint density at radius 2 is 1.89 bits per heavy atom. The highest BCUT2D eigenvalue weighted by Crippen LogP contribution is 2.49. The van der Waals surface area contributed by atoms with Gasteiger partial charge in [-0.1, -0.05) is 0 Å². The number of imidazole rings is 1. The van der Waals surface area contributed by atoms with Gasteiger partial charge in [0, 0.05) is 12.1 Å². The molecule has 2 saturated carbocycles. The minimum Gasteiger partial charge on any atom is -0.382 e. The summed E-state index contributed by atoms with van der Waals surface area (Å²) in [6, 6.07) is 0.849. The molecule has 4 N–H and O–H groups in total. The number of rotatable bonds is 1. The fraction of sp³-hybridized carbons (Fsp3) is 0.615. The summed E-state index contributed by atoms with van der Waals surface area (Å²) in [5.74, 6) is 1.80. The summed E-state index contributed by atoms with van der Waals surface area (Å²) in [6.07, 6.45) is 8.14. The Morgan fingerprint density at radius 1 is 1.05 bits per heavy atom. The van der Waals surface area contributed by atoms with E-state index >= 15 is 0 Å². The molecule has 19 heavy (non-hydrogen) atoms. The van der Waals surface area contributed by atoms with Gasteiger partial charge in [-0.05, 0) is 37.5 Å². The van der Waals surface area contributed by atoms with Gasteiger partial charge in [0.15, 0.2) is 11.5 Å². The zero-order valence-electron chi connectivity index (χ0n) is 10.7. The molecule has 0 aromatic carbocycles. The zero-order valence-corrected chi connectivity index (χ0v) is 10.7. The average Bonchev–Trinajstić information content (AvgIpc) is 3.06. The van der Waals surface area contributed by atoms with E-state index in [4.69, 9.17) is 11.5 Å². The molecule has 2 aromatic heterocycles. The van der Waals surface area contributed by atoms with Crippen LogP contribution in [0.25, 0.3) is 11.2 Å². The van der Waals surface area contributed by atoms with Crippen molar-refractivity contribution < 1.29 is 0 Å². The lowest BCUT2D eigenvalue weighted by Crippen LogP contribution is -2.25. The van der Waals surface area contributed by atoms with Gasteiger partial charge in [0.25, 0.3) is 0 Å². The lowest BCUT2D eigenvalue weighted by atomic mass is 9.96. The molecule has 2 aromatic rings. The molecule has 2 fully saturated rings. The topological polar surface area (TPSA) is 95.6 Å². The first-order valence-corrected chi connectivity index (χ1v) is 6.94. The number of hydrogen-bond donors (Lipinski definition) is 2. The first-order valence-electron chi connectivity index (χ1n) is 6.94. The minimum atomic E-state index is 0.379. The molecule has 0 radical (unpaired) electrons. The van der Waals surface area contributed by atoms with Crippen LogP contribution in [-0.2, 0) is 0 Å². The molecule has 4 rings (SSSR count). The van der Waals surface area contributed by atoms with Crippen LogP contribution in [0.2, 0.25) is 0 Å². The third kappa shape index (κ3) is 1.49. The van der Waals surface area contributed by atoms with Crippen LogP contribution in [0.1, 0.15) is 31.7 Å². The van der Waals surface area contributed by atoms with Crippen molar-refractivity contribution in [3.05, 3.63) is 12.7 Å². The quantitative estimate of drug-likeness (QED) is 0.798. The third-order valence-electron chi connectivity index (χ3n) is 4.97. The predicted molar refractivity (Wildman–Crippen MR) is 72.2 cm³/mol. The number of fused-ring (bicyclic) bond motifs is 2. The van der Waals surface area contributed by atoms with Gasteiger partial charge < -0.3 is 16.0 Å². The first kappa shape index (κ1) is 11.2. The molecule has 100 valence electrons. The van der Waals surface area contributed by atoms with Gasteiger partial charge in [-0.25, -0.2) is 15.0 Å². The molecule has 4 unspecified atom stereocenters. The number of hydrogen-bond acceptors (Lipinski definition) is 5. The second-order valence-electron chi connectivity index (χ2n) is 5.80. The normalized spacial score (nSPS) is 33.9. The van der Waals surface area contributed by atoms with Gasteiger partial charge in [0.05, 0.1) is 6.33 Å². The van der Waals surface area contributed by atoms with Crippen molar-refractivity contribution in [1.82, 2.24) is 19.5 Å². The van der Waals surface area contributed by atoms with E-state index < -0.39 is 0 Å². The van der Waals surface area contributed by atoms with Crippen molar-refractivity contribution >= 4 is 17.0 Å². The van der Waals surface area contributed by atoms with Crippen molar-refractivity contribution in [3.8, 4) is 0 Å². The third-order valence-corrected chi connectivity index (χ3v) is 4.97. The molecule has 0 aliphatic heterocycles. The molecular weight excluding hydrogens is 240 g/mol. The number of nitrogens with two attached hydrogens (primary N) is 2. The fourth-order valence-corrected chi connectivity index (χ4v) is 4.07. The van der Waals surface area contributed by atoms with Crippen LogP contribution >= 0.6 is 0 Å². The van der Waals surface area contributed by atoms with E-state index in [-0.39, 0.29) is 0 Å². The highest BCUT2D eigenvalue weighted by molar-refractivity contribution is 5.81. The monoisotopic (exact) mass is 258 g/mol. The molecule has 2 aliphatic rings. The summed E-state index contributed by atoms with van der Waals surface area (Å²) in [5.41, 5.74) is 13.6. The van der Waals surface area contributed by atoms with Gasteiger partial charge in [-0.15, -0.1) is 0 Å². The predicted octanol–water partition coefficient (Wildman–Crippen LogP) is 1.10. The van der Waals surface area contributed by atoms with Gasteiger partial charge in [0.1, 0.15) is 11.8 Å². The maximum Gasteiger partial charge on any atom is 0.165 e. The first-order chi connectivity index (χ1) is 9.25. The van der Waals surface area contributed by atoms with Crippen LogP contribution in [0, 0.1) is 11.8 Å². The van der Waals surface area contributed by atoms with E-state index in [9.17, 15) is 0 Å². The Hall–Kier alpha value is -1.69. The zero-order chi connectivity index (χ0) is 13.0. The number of aromatic nitrogens is 4. The van der Waals surface area contributed by atoms with Gasteiger partial charge >= 0.3 is 0 Å². The summed E-state index contributed by atoms with van der Waals surface area (Å²) in [7, 11) is 0. The van der Waals surface area contributed by atoms with E-state index in [1.165, 1.54) is 25.6 Å². The van der Waals surface area contributed by atoms with E-state index in [0.29, 0.717) is 35.3 Å². The second kappa shape index (κ2) is 3.90. The molecular formula is C13H18N6. The summed E-state index contributed by atoms with van der Waals surface area (Å²) < 4.78 is 2.19. The molecule has 0 spiro atoms. The fourth-order valence-electron chi connectivity index (χ4n) is 4.07. The van der Waals surface area contributed by atoms with Crippen molar-refractivity contribution in [3.63, 3.8) is 0 Å². The minimum absolute atomic E-state index is 0.379. The summed E-state index contributed by atoms with van der Waals surface area (Å²) in [6.45, 7) is 0. The van der Waals surface area contributed by atoms with Crippen molar-refractivity contribution in [2.24, 2.45) is 17.6 Å². The molecule has 0 bridgehead atoms. The number of nitrogen functional groups attached to an aromatic ring is 1. The summed E-state index contributed by atoms with van der Waals surface area (Å²) in [5, 5.41) is 0.